The third kappa shape index (κ3) is 3.94. The van der Waals surface area contributed by atoms with Gasteiger partial charge in [0.25, 0.3) is 0 Å². The summed E-state index contributed by atoms with van der Waals surface area (Å²) in [5.74, 6) is 0. The van der Waals surface area contributed by atoms with Gasteiger partial charge in [0.15, 0.2) is 0 Å². The van der Waals surface area contributed by atoms with Gasteiger partial charge in [-0.2, -0.15) is 0 Å². The van der Waals surface area contributed by atoms with Gasteiger partial charge >= 0.3 is 0 Å². The van der Waals surface area contributed by atoms with Gasteiger partial charge in [-0.25, -0.2) is 0 Å². The number of fused-ring (bicyclic) bond motifs is 1. The monoisotopic (exact) mass is 281 g/mol. The minimum atomic E-state index is 0.395. The van der Waals surface area contributed by atoms with Crippen molar-refractivity contribution in [2.24, 2.45) is 0 Å². The second kappa shape index (κ2) is 7.21. The first-order valence-corrected chi connectivity index (χ1v) is 8.63. The molecule has 116 valence electrons. The van der Waals surface area contributed by atoms with Crippen molar-refractivity contribution in [1.29, 1.82) is 0 Å². The van der Waals surface area contributed by atoms with Gasteiger partial charge < -0.3 is 15.4 Å². The molecule has 0 saturated carbocycles. The Morgan fingerprint density at radius 2 is 2.25 bits per heavy atom. The Bertz CT molecular complexity index is 293. The molecule has 0 aromatic rings. The van der Waals surface area contributed by atoms with Crippen LogP contribution in [0.2, 0.25) is 0 Å². The smallest absolute Gasteiger partial charge is 0.0827 e. The van der Waals surface area contributed by atoms with E-state index in [1.807, 2.05) is 0 Å². The Kier molecular flexibility index (Phi) is 5.32. The summed E-state index contributed by atoms with van der Waals surface area (Å²) in [5.41, 5.74) is 0. The third-order valence-corrected chi connectivity index (χ3v) is 5.21. The first-order valence-electron chi connectivity index (χ1n) is 8.63. The van der Waals surface area contributed by atoms with Gasteiger partial charge in [-0.3, -0.25) is 4.90 Å². The number of rotatable bonds is 5. The van der Waals surface area contributed by atoms with Crippen molar-refractivity contribution in [3.8, 4) is 0 Å². The first-order chi connectivity index (χ1) is 9.81. The largest absolute Gasteiger partial charge is 0.374 e. The van der Waals surface area contributed by atoms with E-state index in [0.29, 0.717) is 12.1 Å². The molecule has 3 aliphatic heterocycles. The molecular weight excluding hydrogens is 250 g/mol. The number of ether oxygens (including phenoxy) is 1. The van der Waals surface area contributed by atoms with Crippen LogP contribution in [0.15, 0.2) is 0 Å². The topological polar surface area (TPSA) is 36.5 Å². The standard InChI is InChI=1S/C16H31N3O/c1-13(9-14-5-2-3-7-17-14)18-10-16-11-19-8-4-6-15(19)12-20-16/h13-18H,2-12H2,1H3. The zero-order valence-corrected chi connectivity index (χ0v) is 12.9. The Morgan fingerprint density at radius 3 is 3.10 bits per heavy atom. The summed E-state index contributed by atoms with van der Waals surface area (Å²) in [6.45, 7) is 7.90. The lowest BCUT2D eigenvalue weighted by molar-refractivity contribution is -0.0478. The van der Waals surface area contributed by atoms with Gasteiger partial charge in [0.1, 0.15) is 0 Å². The summed E-state index contributed by atoms with van der Waals surface area (Å²) in [6.07, 6.45) is 8.44. The minimum Gasteiger partial charge on any atom is -0.374 e. The van der Waals surface area contributed by atoms with Crippen LogP contribution in [0.1, 0.15) is 45.4 Å². The van der Waals surface area contributed by atoms with Crippen molar-refractivity contribution in [1.82, 2.24) is 15.5 Å². The van der Waals surface area contributed by atoms with Crippen molar-refractivity contribution in [3.63, 3.8) is 0 Å². The van der Waals surface area contributed by atoms with E-state index in [-0.39, 0.29) is 0 Å². The highest BCUT2D eigenvalue weighted by atomic mass is 16.5. The van der Waals surface area contributed by atoms with E-state index in [1.54, 1.807) is 0 Å². The van der Waals surface area contributed by atoms with Gasteiger partial charge in [0.05, 0.1) is 12.7 Å². The molecule has 4 heteroatoms. The van der Waals surface area contributed by atoms with Gasteiger partial charge in [0.2, 0.25) is 0 Å². The fourth-order valence-electron chi connectivity index (χ4n) is 3.98. The summed E-state index contributed by atoms with van der Waals surface area (Å²) in [6, 6.07) is 2.03. The van der Waals surface area contributed by atoms with Crippen LogP contribution in [0.5, 0.6) is 0 Å². The van der Waals surface area contributed by atoms with Crippen LogP contribution in [0.25, 0.3) is 0 Å². The van der Waals surface area contributed by atoms with E-state index < -0.39 is 0 Å². The maximum atomic E-state index is 6.01. The van der Waals surface area contributed by atoms with Crippen LogP contribution in [0, 0.1) is 0 Å². The maximum Gasteiger partial charge on any atom is 0.0827 e. The molecule has 0 bridgehead atoms. The predicted octanol–water partition coefficient (Wildman–Crippen LogP) is 1.36. The molecule has 0 aliphatic carbocycles. The molecule has 4 nitrogen and oxygen atoms in total. The molecule has 0 radical (unpaired) electrons. The van der Waals surface area contributed by atoms with E-state index >= 15 is 0 Å². The molecule has 3 saturated heterocycles. The third-order valence-electron chi connectivity index (χ3n) is 5.21. The molecule has 0 spiro atoms. The van der Waals surface area contributed by atoms with Crippen molar-refractivity contribution in [2.75, 3.05) is 32.8 Å². The minimum absolute atomic E-state index is 0.395. The number of nitrogens with zero attached hydrogens (tertiary/aromatic N) is 1. The highest BCUT2D eigenvalue weighted by Gasteiger charge is 2.32. The van der Waals surface area contributed by atoms with E-state index in [1.165, 1.54) is 51.6 Å². The number of nitrogens with one attached hydrogen (secondary N) is 2. The highest BCUT2D eigenvalue weighted by Crippen LogP contribution is 2.22. The molecule has 2 N–H and O–H groups in total. The molecule has 4 atom stereocenters. The number of morpholine rings is 1. The van der Waals surface area contributed by atoms with Crippen LogP contribution < -0.4 is 10.6 Å². The summed E-state index contributed by atoms with van der Waals surface area (Å²) in [5, 5.41) is 7.33. The Balaban J connectivity index is 1.34. The van der Waals surface area contributed by atoms with Crippen LogP contribution in [-0.2, 0) is 4.74 Å². The zero-order valence-electron chi connectivity index (χ0n) is 12.9. The van der Waals surface area contributed by atoms with E-state index in [0.717, 1.165) is 31.8 Å². The van der Waals surface area contributed by atoms with E-state index in [9.17, 15) is 0 Å². The van der Waals surface area contributed by atoms with E-state index in [4.69, 9.17) is 4.74 Å². The van der Waals surface area contributed by atoms with Crippen molar-refractivity contribution < 1.29 is 4.74 Å². The summed E-state index contributed by atoms with van der Waals surface area (Å²) < 4.78 is 6.01. The zero-order chi connectivity index (χ0) is 13.8. The number of piperidine rings is 1. The lowest BCUT2D eigenvalue weighted by atomic mass is 9.99. The highest BCUT2D eigenvalue weighted by molar-refractivity contribution is 4.86. The summed E-state index contributed by atoms with van der Waals surface area (Å²) in [4.78, 5) is 2.63. The number of hydrogen-bond donors (Lipinski definition) is 2. The van der Waals surface area contributed by atoms with Crippen LogP contribution in [0.3, 0.4) is 0 Å². The second-order valence-corrected chi connectivity index (χ2v) is 6.94. The SMILES string of the molecule is CC(CC1CCCCN1)NCC1CN2CCCC2CO1. The van der Waals surface area contributed by atoms with Crippen molar-refractivity contribution >= 4 is 0 Å². The Hall–Kier alpha value is -0.160. The molecule has 3 heterocycles. The van der Waals surface area contributed by atoms with Crippen LogP contribution in [-0.4, -0.2) is 61.9 Å². The molecule has 4 unspecified atom stereocenters. The molecule has 0 aromatic heterocycles. The van der Waals surface area contributed by atoms with Crippen LogP contribution >= 0.6 is 0 Å². The molecule has 20 heavy (non-hydrogen) atoms. The Morgan fingerprint density at radius 1 is 1.30 bits per heavy atom. The van der Waals surface area contributed by atoms with Crippen molar-refractivity contribution in [3.05, 3.63) is 0 Å². The average Bonchev–Trinajstić information content (AvgIpc) is 2.93. The fraction of sp³-hybridized carbons (Fsp3) is 1.00. The van der Waals surface area contributed by atoms with Gasteiger partial charge in [-0.15, -0.1) is 0 Å². The van der Waals surface area contributed by atoms with Crippen molar-refractivity contribution in [2.45, 2.75) is 69.7 Å². The second-order valence-electron chi connectivity index (χ2n) is 6.94. The average molecular weight is 281 g/mol. The maximum absolute atomic E-state index is 6.01. The quantitative estimate of drug-likeness (QED) is 0.798. The molecule has 0 amide bonds. The first kappa shape index (κ1) is 14.8. The lowest BCUT2D eigenvalue weighted by Crippen LogP contribution is -2.50. The van der Waals surface area contributed by atoms with Gasteiger partial charge in [-0.05, 0) is 52.1 Å². The molecule has 0 aromatic carbocycles. The Labute approximate surface area is 123 Å². The van der Waals surface area contributed by atoms with E-state index in [2.05, 4.69) is 22.5 Å². The molecule has 3 rings (SSSR count). The van der Waals surface area contributed by atoms with Gasteiger partial charge in [0, 0.05) is 31.2 Å². The summed E-state index contributed by atoms with van der Waals surface area (Å²) >= 11 is 0. The molecular formula is C16H31N3O. The van der Waals surface area contributed by atoms with Crippen LogP contribution in [0.4, 0.5) is 0 Å². The normalized spacial score (nSPS) is 36.8. The lowest BCUT2D eigenvalue weighted by Gasteiger charge is -2.36. The summed E-state index contributed by atoms with van der Waals surface area (Å²) in [7, 11) is 0. The fourth-order valence-corrected chi connectivity index (χ4v) is 3.98. The molecule has 3 aliphatic rings. The predicted molar refractivity (Wildman–Crippen MR) is 82.1 cm³/mol. The number of hydrogen-bond acceptors (Lipinski definition) is 4. The van der Waals surface area contributed by atoms with Gasteiger partial charge in [-0.1, -0.05) is 6.42 Å². The molecule has 3 fully saturated rings.